The summed E-state index contributed by atoms with van der Waals surface area (Å²) in [5, 5.41) is 2.90. The molecule has 0 spiro atoms. The number of furan rings is 1. The van der Waals surface area contributed by atoms with Crippen LogP contribution in [0.5, 0.6) is 0 Å². The summed E-state index contributed by atoms with van der Waals surface area (Å²) in [4.78, 5) is 18.7. The molecule has 2 aromatic heterocycles. The quantitative estimate of drug-likeness (QED) is 0.619. The van der Waals surface area contributed by atoms with Crippen molar-refractivity contribution in [2.24, 2.45) is 0 Å². The number of carbonyl (C=O) groups excluding carboxylic acids is 1. The second kappa shape index (κ2) is 9.19. The first-order valence-electron chi connectivity index (χ1n) is 9.18. The van der Waals surface area contributed by atoms with E-state index in [-0.39, 0.29) is 11.9 Å². The van der Waals surface area contributed by atoms with Crippen LogP contribution in [0, 0.1) is 0 Å². The Morgan fingerprint density at radius 3 is 2.63 bits per heavy atom. The Kier molecular flexibility index (Phi) is 6.44. The van der Waals surface area contributed by atoms with Crippen LogP contribution in [0.25, 0.3) is 0 Å². The molecule has 0 aliphatic heterocycles. The van der Waals surface area contributed by atoms with Gasteiger partial charge in [0, 0.05) is 12.6 Å². The summed E-state index contributed by atoms with van der Waals surface area (Å²) in [6.07, 6.45) is 3.95. The Labute approximate surface area is 159 Å². The lowest BCUT2D eigenvalue weighted by atomic mass is 10.2. The third kappa shape index (κ3) is 5.56. The summed E-state index contributed by atoms with van der Waals surface area (Å²) in [7, 11) is 0. The van der Waals surface area contributed by atoms with Crippen molar-refractivity contribution in [3.63, 3.8) is 0 Å². The fourth-order valence-electron chi connectivity index (χ4n) is 2.71. The van der Waals surface area contributed by atoms with E-state index in [1.165, 1.54) is 11.8 Å². The summed E-state index contributed by atoms with van der Waals surface area (Å²) in [6.45, 7) is 5.81. The summed E-state index contributed by atoms with van der Waals surface area (Å²) in [5.74, 6) is 1.17. The molecular formula is C21H25N3O3. The molecule has 3 rings (SSSR count). The van der Waals surface area contributed by atoms with E-state index in [2.05, 4.69) is 27.3 Å². The van der Waals surface area contributed by atoms with Gasteiger partial charge in [-0.15, -0.1) is 0 Å². The van der Waals surface area contributed by atoms with Gasteiger partial charge in [-0.3, -0.25) is 9.69 Å². The standard InChI is InChI=1S/C21H25N3O3/c1-3-16(2)22-21(25)19-15-27-20(23-19)14-24(13-18-10-7-11-26-18)12-17-8-5-4-6-9-17/h4-11,15-16H,3,12-14H2,1-2H3,(H,22,25)/t16-/m0/s1. The van der Waals surface area contributed by atoms with Crippen molar-refractivity contribution >= 4 is 5.91 Å². The van der Waals surface area contributed by atoms with Crippen LogP contribution in [0.4, 0.5) is 0 Å². The zero-order chi connectivity index (χ0) is 19.1. The van der Waals surface area contributed by atoms with Gasteiger partial charge < -0.3 is 14.2 Å². The highest BCUT2D eigenvalue weighted by molar-refractivity contribution is 5.92. The maximum Gasteiger partial charge on any atom is 0.273 e. The zero-order valence-corrected chi connectivity index (χ0v) is 15.7. The third-order valence-electron chi connectivity index (χ3n) is 4.34. The molecule has 6 heteroatoms. The number of hydrogen-bond acceptors (Lipinski definition) is 5. The van der Waals surface area contributed by atoms with E-state index in [4.69, 9.17) is 8.83 Å². The van der Waals surface area contributed by atoms with Gasteiger partial charge in [-0.1, -0.05) is 37.3 Å². The monoisotopic (exact) mass is 367 g/mol. The van der Waals surface area contributed by atoms with Gasteiger partial charge in [-0.25, -0.2) is 4.98 Å². The second-order valence-electron chi connectivity index (χ2n) is 6.62. The molecule has 0 aliphatic rings. The van der Waals surface area contributed by atoms with Crippen molar-refractivity contribution in [3.8, 4) is 0 Å². The first-order chi connectivity index (χ1) is 13.1. The number of hydrogen-bond donors (Lipinski definition) is 1. The smallest absolute Gasteiger partial charge is 0.273 e. The first-order valence-corrected chi connectivity index (χ1v) is 9.18. The minimum absolute atomic E-state index is 0.103. The third-order valence-corrected chi connectivity index (χ3v) is 4.34. The molecule has 0 bridgehead atoms. The molecule has 1 amide bonds. The van der Waals surface area contributed by atoms with Gasteiger partial charge in [0.1, 0.15) is 12.0 Å². The number of benzene rings is 1. The Morgan fingerprint density at radius 2 is 1.93 bits per heavy atom. The van der Waals surface area contributed by atoms with Gasteiger partial charge in [0.05, 0.1) is 19.4 Å². The molecule has 0 aliphatic carbocycles. The molecule has 0 saturated carbocycles. The minimum atomic E-state index is -0.208. The van der Waals surface area contributed by atoms with Crippen molar-refractivity contribution in [2.45, 2.75) is 45.9 Å². The zero-order valence-electron chi connectivity index (χ0n) is 15.7. The molecular weight excluding hydrogens is 342 g/mol. The first kappa shape index (κ1) is 18.9. The highest BCUT2D eigenvalue weighted by Gasteiger charge is 2.17. The minimum Gasteiger partial charge on any atom is -0.468 e. The van der Waals surface area contributed by atoms with Crippen molar-refractivity contribution in [3.05, 3.63) is 77.9 Å². The maximum absolute atomic E-state index is 12.2. The van der Waals surface area contributed by atoms with Crippen molar-refractivity contribution < 1.29 is 13.6 Å². The Hall–Kier alpha value is -2.86. The van der Waals surface area contributed by atoms with Crippen LogP contribution in [-0.2, 0) is 19.6 Å². The van der Waals surface area contributed by atoms with Crippen LogP contribution in [0.1, 0.15) is 48.0 Å². The van der Waals surface area contributed by atoms with Crippen LogP contribution in [0.3, 0.4) is 0 Å². The predicted molar refractivity (Wildman–Crippen MR) is 102 cm³/mol. The number of nitrogens with one attached hydrogen (secondary N) is 1. The van der Waals surface area contributed by atoms with Gasteiger partial charge in [0.15, 0.2) is 5.69 Å². The topological polar surface area (TPSA) is 71.5 Å². The summed E-state index contributed by atoms with van der Waals surface area (Å²) < 4.78 is 11.0. The van der Waals surface area contributed by atoms with E-state index in [0.717, 1.165) is 18.7 Å². The van der Waals surface area contributed by atoms with Gasteiger partial charge in [-0.05, 0) is 31.0 Å². The predicted octanol–water partition coefficient (Wildman–Crippen LogP) is 4.00. The number of rotatable bonds is 9. The summed E-state index contributed by atoms with van der Waals surface area (Å²) in [6, 6.07) is 14.1. The molecule has 0 radical (unpaired) electrons. The Balaban J connectivity index is 1.69. The lowest BCUT2D eigenvalue weighted by Gasteiger charge is -2.19. The average Bonchev–Trinajstić information content (AvgIpc) is 3.34. The fourth-order valence-corrected chi connectivity index (χ4v) is 2.71. The Bertz CT molecular complexity index is 828. The molecule has 6 nitrogen and oxygen atoms in total. The normalized spacial score (nSPS) is 12.3. The number of aromatic nitrogens is 1. The highest BCUT2D eigenvalue weighted by Crippen LogP contribution is 2.14. The van der Waals surface area contributed by atoms with Crippen LogP contribution in [0.2, 0.25) is 0 Å². The largest absolute Gasteiger partial charge is 0.468 e. The number of amides is 1. The molecule has 142 valence electrons. The van der Waals surface area contributed by atoms with Crippen molar-refractivity contribution in [2.75, 3.05) is 0 Å². The molecule has 0 fully saturated rings. The van der Waals surface area contributed by atoms with Gasteiger partial charge >= 0.3 is 0 Å². The van der Waals surface area contributed by atoms with Crippen molar-refractivity contribution in [1.29, 1.82) is 0 Å². The van der Waals surface area contributed by atoms with E-state index in [9.17, 15) is 4.79 Å². The molecule has 1 N–H and O–H groups in total. The van der Waals surface area contributed by atoms with Gasteiger partial charge in [0.25, 0.3) is 5.91 Å². The molecule has 27 heavy (non-hydrogen) atoms. The highest BCUT2D eigenvalue weighted by atomic mass is 16.3. The van der Waals surface area contributed by atoms with E-state index in [1.807, 2.05) is 44.2 Å². The molecule has 3 aromatic rings. The van der Waals surface area contributed by atoms with E-state index in [1.54, 1.807) is 6.26 Å². The SMILES string of the molecule is CC[C@H](C)NC(=O)c1coc(CN(Cc2ccccc2)Cc2ccco2)n1. The number of oxazole rings is 1. The van der Waals surface area contributed by atoms with Crippen LogP contribution in [0.15, 0.2) is 63.8 Å². The molecule has 0 unspecified atom stereocenters. The average molecular weight is 367 g/mol. The molecule has 1 aromatic carbocycles. The summed E-state index contributed by atoms with van der Waals surface area (Å²) >= 11 is 0. The second-order valence-corrected chi connectivity index (χ2v) is 6.62. The van der Waals surface area contributed by atoms with Crippen LogP contribution < -0.4 is 5.32 Å². The van der Waals surface area contributed by atoms with Gasteiger partial charge in [-0.2, -0.15) is 0 Å². The lowest BCUT2D eigenvalue weighted by Crippen LogP contribution is -2.32. The molecule has 0 saturated heterocycles. The van der Waals surface area contributed by atoms with E-state index >= 15 is 0 Å². The van der Waals surface area contributed by atoms with E-state index < -0.39 is 0 Å². The molecule has 2 heterocycles. The molecule has 1 atom stereocenters. The fraction of sp³-hybridized carbons (Fsp3) is 0.333. The van der Waals surface area contributed by atoms with Crippen LogP contribution in [-0.4, -0.2) is 21.8 Å². The number of carbonyl (C=O) groups is 1. The van der Waals surface area contributed by atoms with Crippen LogP contribution >= 0.6 is 0 Å². The summed E-state index contributed by atoms with van der Waals surface area (Å²) in [5.41, 5.74) is 1.49. The number of nitrogens with zero attached hydrogens (tertiary/aromatic N) is 2. The van der Waals surface area contributed by atoms with E-state index in [0.29, 0.717) is 24.7 Å². The lowest BCUT2D eigenvalue weighted by molar-refractivity contribution is 0.0934. The van der Waals surface area contributed by atoms with Crippen molar-refractivity contribution in [1.82, 2.24) is 15.2 Å². The Morgan fingerprint density at radius 1 is 1.11 bits per heavy atom. The van der Waals surface area contributed by atoms with Gasteiger partial charge in [0.2, 0.25) is 5.89 Å². The maximum atomic E-state index is 12.2.